The Morgan fingerprint density at radius 1 is 1.12 bits per heavy atom. The van der Waals surface area contributed by atoms with Crippen molar-refractivity contribution in [1.29, 1.82) is 0 Å². The highest BCUT2D eigenvalue weighted by Crippen LogP contribution is 2.21. The molecule has 2 aromatic carbocycles. The lowest BCUT2D eigenvalue weighted by Gasteiger charge is -2.04. The van der Waals surface area contributed by atoms with Gasteiger partial charge in [0.2, 0.25) is 0 Å². The monoisotopic (exact) mass is 367 g/mol. The van der Waals surface area contributed by atoms with Gasteiger partial charge in [-0.25, -0.2) is 4.98 Å². The molecule has 1 heterocycles. The van der Waals surface area contributed by atoms with E-state index in [4.69, 9.17) is 0 Å². The quantitative estimate of drug-likeness (QED) is 0.529. The number of thiazole rings is 1. The first-order valence-electron chi connectivity index (χ1n) is 8.04. The maximum absolute atomic E-state index is 12.4. The van der Waals surface area contributed by atoms with Crippen LogP contribution < -0.4 is 5.32 Å². The normalized spacial score (nSPS) is 10.5. The number of aryl methyl sites for hydroxylation is 1. The average Bonchev–Trinajstić information content (AvgIpc) is 3.01. The molecule has 0 aliphatic carbocycles. The third kappa shape index (κ3) is 4.31. The van der Waals surface area contributed by atoms with Crippen molar-refractivity contribution in [2.75, 3.05) is 0 Å². The van der Waals surface area contributed by atoms with Gasteiger partial charge in [0.1, 0.15) is 4.88 Å². The summed E-state index contributed by atoms with van der Waals surface area (Å²) in [5.41, 5.74) is 2.70. The number of amides is 1. The number of nitro benzene ring substituents is 1. The number of nitrogens with one attached hydrogen (secondary N) is 1. The van der Waals surface area contributed by atoms with Crippen molar-refractivity contribution in [3.05, 3.63) is 91.4 Å². The number of nitro groups is 1. The summed E-state index contributed by atoms with van der Waals surface area (Å²) in [6, 6.07) is 16.1. The van der Waals surface area contributed by atoms with Gasteiger partial charge >= 0.3 is 0 Å². The molecule has 0 bridgehead atoms. The second kappa shape index (κ2) is 7.88. The molecule has 0 saturated heterocycles. The largest absolute Gasteiger partial charge is 0.347 e. The van der Waals surface area contributed by atoms with E-state index in [9.17, 15) is 14.9 Å². The zero-order valence-electron chi connectivity index (χ0n) is 14.1. The summed E-state index contributed by atoms with van der Waals surface area (Å²) < 4.78 is 0. The molecule has 1 N–H and O–H groups in total. The number of carbonyl (C=O) groups excluding carboxylic acids is 1. The first kappa shape index (κ1) is 17.8. The Kier molecular flexibility index (Phi) is 5.38. The van der Waals surface area contributed by atoms with E-state index in [-0.39, 0.29) is 11.6 Å². The van der Waals surface area contributed by atoms with Gasteiger partial charge in [-0.3, -0.25) is 14.9 Å². The summed E-state index contributed by atoms with van der Waals surface area (Å²) in [6.07, 6.45) is 0.696. The molecular weight excluding hydrogens is 350 g/mol. The van der Waals surface area contributed by atoms with Crippen LogP contribution in [0.1, 0.15) is 31.5 Å². The minimum atomic E-state index is -0.447. The van der Waals surface area contributed by atoms with E-state index in [0.717, 1.165) is 16.1 Å². The first-order valence-corrected chi connectivity index (χ1v) is 8.86. The van der Waals surface area contributed by atoms with E-state index in [1.165, 1.54) is 23.5 Å². The second-order valence-electron chi connectivity index (χ2n) is 5.79. The zero-order valence-corrected chi connectivity index (χ0v) is 15.0. The summed E-state index contributed by atoms with van der Waals surface area (Å²) in [4.78, 5) is 27.7. The molecule has 3 aromatic rings. The summed E-state index contributed by atoms with van der Waals surface area (Å²) in [7, 11) is 0. The van der Waals surface area contributed by atoms with E-state index >= 15 is 0 Å². The van der Waals surface area contributed by atoms with E-state index < -0.39 is 4.92 Å². The standard InChI is InChI=1S/C19H17N3O3S/c1-13-18(26-17(21-13)11-14-5-3-2-4-6-14)19(23)20-12-15-7-9-16(10-8-15)22(24)25/h2-10H,11-12H2,1H3,(H,20,23). The van der Waals surface area contributed by atoms with Crippen molar-refractivity contribution < 1.29 is 9.72 Å². The smallest absolute Gasteiger partial charge is 0.269 e. The van der Waals surface area contributed by atoms with Gasteiger partial charge in [-0.05, 0) is 18.1 Å². The van der Waals surface area contributed by atoms with Crippen molar-refractivity contribution in [3.8, 4) is 0 Å². The topological polar surface area (TPSA) is 85.1 Å². The molecule has 7 heteroatoms. The van der Waals surface area contributed by atoms with E-state index in [2.05, 4.69) is 10.3 Å². The third-order valence-electron chi connectivity index (χ3n) is 3.85. The minimum Gasteiger partial charge on any atom is -0.347 e. The zero-order chi connectivity index (χ0) is 18.5. The lowest BCUT2D eigenvalue weighted by molar-refractivity contribution is -0.384. The molecule has 0 unspecified atom stereocenters. The van der Waals surface area contributed by atoms with Crippen LogP contribution in [-0.2, 0) is 13.0 Å². The highest BCUT2D eigenvalue weighted by Gasteiger charge is 2.15. The summed E-state index contributed by atoms with van der Waals surface area (Å²) in [5, 5.41) is 14.4. The van der Waals surface area contributed by atoms with E-state index in [0.29, 0.717) is 23.5 Å². The van der Waals surface area contributed by atoms with Gasteiger partial charge in [-0.1, -0.05) is 42.5 Å². The number of carbonyl (C=O) groups is 1. The van der Waals surface area contributed by atoms with Crippen LogP contribution in [0.5, 0.6) is 0 Å². The van der Waals surface area contributed by atoms with Gasteiger partial charge in [-0.15, -0.1) is 11.3 Å². The van der Waals surface area contributed by atoms with E-state index in [1.54, 1.807) is 12.1 Å². The van der Waals surface area contributed by atoms with Crippen LogP contribution >= 0.6 is 11.3 Å². The molecule has 1 aromatic heterocycles. The van der Waals surface area contributed by atoms with Gasteiger partial charge in [0.25, 0.3) is 11.6 Å². The Balaban J connectivity index is 1.63. The van der Waals surface area contributed by atoms with Crippen LogP contribution in [0.4, 0.5) is 5.69 Å². The Bertz CT molecular complexity index is 921. The molecule has 0 atom stereocenters. The summed E-state index contributed by atoms with van der Waals surface area (Å²) in [5.74, 6) is -0.183. The highest BCUT2D eigenvalue weighted by molar-refractivity contribution is 7.13. The number of non-ortho nitro benzene ring substituents is 1. The molecule has 26 heavy (non-hydrogen) atoms. The molecule has 0 radical (unpaired) electrons. The molecule has 0 spiro atoms. The summed E-state index contributed by atoms with van der Waals surface area (Å²) >= 11 is 1.39. The van der Waals surface area contributed by atoms with Crippen molar-refractivity contribution in [2.45, 2.75) is 19.9 Å². The fourth-order valence-electron chi connectivity index (χ4n) is 2.51. The molecule has 1 amide bonds. The maximum atomic E-state index is 12.4. The highest BCUT2D eigenvalue weighted by atomic mass is 32.1. The Hall–Kier alpha value is -3.06. The van der Waals surface area contributed by atoms with Crippen LogP contribution in [0.2, 0.25) is 0 Å². The minimum absolute atomic E-state index is 0.0314. The van der Waals surface area contributed by atoms with Crippen LogP contribution in [0, 0.1) is 17.0 Å². The SMILES string of the molecule is Cc1nc(Cc2ccccc2)sc1C(=O)NCc1ccc([N+](=O)[O-])cc1. The third-order valence-corrected chi connectivity index (χ3v) is 5.00. The number of rotatable bonds is 6. The Morgan fingerprint density at radius 3 is 2.46 bits per heavy atom. The molecule has 6 nitrogen and oxygen atoms in total. The average molecular weight is 367 g/mol. The fourth-order valence-corrected chi connectivity index (χ4v) is 3.52. The van der Waals surface area contributed by atoms with Crippen molar-refractivity contribution in [2.24, 2.45) is 0 Å². The lowest BCUT2D eigenvalue weighted by atomic mass is 10.2. The van der Waals surface area contributed by atoms with Gasteiger partial charge in [0.05, 0.1) is 15.6 Å². The van der Waals surface area contributed by atoms with Gasteiger partial charge in [0.15, 0.2) is 0 Å². The van der Waals surface area contributed by atoms with Crippen molar-refractivity contribution in [3.63, 3.8) is 0 Å². The fraction of sp³-hybridized carbons (Fsp3) is 0.158. The maximum Gasteiger partial charge on any atom is 0.269 e. The number of benzene rings is 2. The molecular formula is C19H17N3O3S. The number of hydrogen-bond acceptors (Lipinski definition) is 5. The predicted molar refractivity (Wildman–Crippen MR) is 100 cm³/mol. The lowest BCUT2D eigenvalue weighted by Crippen LogP contribution is -2.22. The molecule has 0 aliphatic heterocycles. The van der Waals surface area contributed by atoms with Gasteiger partial charge in [0, 0.05) is 25.1 Å². The molecule has 0 saturated carbocycles. The molecule has 3 rings (SSSR count). The molecule has 0 aliphatic rings. The van der Waals surface area contributed by atoms with Gasteiger partial charge in [-0.2, -0.15) is 0 Å². The number of nitrogens with zero attached hydrogens (tertiary/aromatic N) is 2. The Labute approximate surface area is 154 Å². The molecule has 0 fully saturated rings. The molecule has 132 valence electrons. The van der Waals surface area contributed by atoms with Crippen LogP contribution in [0.15, 0.2) is 54.6 Å². The summed E-state index contributed by atoms with van der Waals surface area (Å²) in [6.45, 7) is 2.13. The van der Waals surface area contributed by atoms with Gasteiger partial charge < -0.3 is 5.32 Å². The van der Waals surface area contributed by atoms with Crippen LogP contribution in [0.3, 0.4) is 0 Å². The second-order valence-corrected chi connectivity index (χ2v) is 6.87. The van der Waals surface area contributed by atoms with E-state index in [1.807, 2.05) is 37.3 Å². The van der Waals surface area contributed by atoms with Crippen molar-refractivity contribution in [1.82, 2.24) is 10.3 Å². The van der Waals surface area contributed by atoms with Crippen molar-refractivity contribution >= 4 is 22.9 Å². The van der Waals surface area contributed by atoms with Crippen LogP contribution in [-0.4, -0.2) is 15.8 Å². The number of hydrogen-bond donors (Lipinski definition) is 1. The van der Waals surface area contributed by atoms with Crippen LogP contribution in [0.25, 0.3) is 0 Å². The predicted octanol–water partition coefficient (Wildman–Crippen LogP) is 3.88. The Morgan fingerprint density at radius 2 is 1.81 bits per heavy atom. The number of aromatic nitrogens is 1. The first-order chi connectivity index (χ1) is 12.5.